The van der Waals surface area contributed by atoms with Crippen LogP contribution >= 0.6 is 15.9 Å². The first kappa shape index (κ1) is 14.0. The zero-order valence-electron chi connectivity index (χ0n) is 11.3. The molecule has 3 rings (SSSR count). The average Bonchev–Trinajstić information content (AvgIpc) is 2.74. The minimum absolute atomic E-state index is 0.234. The minimum Gasteiger partial charge on any atom is -0.295 e. The van der Waals surface area contributed by atoms with Crippen molar-refractivity contribution in [2.24, 2.45) is 0 Å². The average molecular weight is 344 g/mol. The first-order valence-corrected chi connectivity index (χ1v) is 7.69. The molecule has 3 nitrogen and oxygen atoms in total. The number of hydrogen-bond acceptors (Lipinski definition) is 2. The first-order chi connectivity index (χ1) is 10.2. The Morgan fingerprint density at radius 2 is 1.57 bits per heavy atom. The Kier molecular flexibility index (Phi) is 3.88. The zero-order chi connectivity index (χ0) is 14.8. The summed E-state index contributed by atoms with van der Waals surface area (Å²) in [6.07, 6.45) is 0.745. The molecule has 2 amide bonds. The molecular weight excluding hydrogens is 330 g/mol. The summed E-state index contributed by atoms with van der Waals surface area (Å²) in [7, 11) is 0. The van der Waals surface area contributed by atoms with E-state index in [0.29, 0.717) is 0 Å². The number of imide groups is 1. The Morgan fingerprint density at radius 3 is 2.24 bits per heavy atom. The van der Waals surface area contributed by atoms with Gasteiger partial charge in [0.1, 0.15) is 4.83 Å². The van der Waals surface area contributed by atoms with Crippen LogP contribution in [0.15, 0.2) is 54.6 Å². The van der Waals surface area contributed by atoms with Crippen LogP contribution in [0.25, 0.3) is 0 Å². The van der Waals surface area contributed by atoms with Crippen molar-refractivity contribution in [3.8, 4) is 0 Å². The lowest BCUT2D eigenvalue weighted by molar-refractivity contribution is -0.125. The summed E-state index contributed by atoms with van der Waals surface area (Å²) in [5.74, 6) is -0.959. The van der Waals surface area contributed by atoms with Crippen LogP contribution in [0.4, 0.5) is 0 Å². The van der Waals surface area contributed by atoms with Gasteiger partial charge in [0.15, 0.2) is 0 Å². The van der Waals surface area contributed by atoms with Crippen molar-refractivity contribution in [3.63, 3.8) is 0 Å². The van der Waals surface area contributed by atoms with Crippen molar-refractivity contribution in [2.75, 3.05) is 0 Å². The molecule has 0 aromatic heterocycles. The largest absolute Gasteiger partial charge is 0.295 e. The molecule has 4 heteroatoms. The van der Waals surface area contributed by atoms with Crippen LogP contribution < -0.4 is 5.32 Å². The van der Waals surface area contributed by atoms with E-state index in [1.54, 1.807) is 0 Å². The lowest BCUT2D eigenvalue weighted by Gasteiger charge is -2.15. The Morgan fingerprint density at radius 1 is 0.905 bits per heavy atom. The van der Waals surface area contributed by atoms with E-state index in [9.17, 15) is 9.59 Å². The maximum atomic E-state index is 12.0. The van der Waals surface area contributed by atoms with E-state index in [0.717, 1.165) is 17.5 Å². The van der Waals surface area contributed by atoms with E-state index in [4.69, 9.17) is 0 Å². The molecule has 1 heterocycles. The first-order valence-electron chi connectivity index (χ1n) is 6.77. The summed E-state index contributed by atoms with van der Waals surface area (Å²) in [6, 6.07) is 17.9. The van der Waals surface area contributed by atoms with Crippen molar-refractivity contribution in [3.05, 3.63) is 71.3 Å². The summed E-state index contributed by atoms with van der Waals surface area (Å²) in [5, 5.41) is 2.38. The van der Waals surface area contributed by atoms with Crippen molar-refractivity contribution in [2.45, 2.75) is 17.2 Å². The number of rotatable bonds is 3. The smallest absolute Gasteiger partial charge is 0.241 e. The number of carbonyl (C=O) groups excluding carboxylic acids is 2. The molecule has 1 saturated heterocycles. The highest BCUT2D eigenvalue weighted by molar-refractivity contribution is 9.10. The number of nitrogens with one attached hydrogen (secondary N) is 1. The molecule has 2 unspecified atom stereocenters. The quantitative estimate of drug-likeness (QED) is 0.688. The van der Waals surface area contributed by atoms with E-state index >= 15 is 0 Å². The number of amides is 2. The van der Waals surface area contributed by atoms with Crippen molar-refractivity contribution in [1.29, 1.82) is 0 Å². The third-order valence-electron chi connectivity index (χ3n) is 3.70. The van der Waals surface area contributed by atoms with Crippen LogP contribution in [0.1, 0.15) is 22.6 Å². The van der Waals surface area contributed by atoms with Gasteiger partial charge in [-0.15, -0.1) is 0 Å². The Labute approximate surface area is 131 Å². The predicted octanol–water partition coefficient (Wildman–Crippen LogP) is 2.78. The predicted molar refractivity (Wildman–Crippen MR) is 84.3 cm³/mol. The molecule has 0 bridgehead atoms. The second-order valence-corrected chi connectivity index (χ2v) is 6.08. The summed E-state index contributed by atoms with van der Waals surface area (Å²) in [5.41, 5.74) is 3.16. The van der Waals surface area contributed by atoms with Gasteiger partial charge >= 0.3 is 0 Å². The Bertz CT molecular complexity index is 684. The number of halogens is 1. The van der Waals surface area contributed by atoms with Gasteiger partial charge < -0.3 is 0 Å². The molecule has 1 fully saturated rings. The number of alkyl halides is 1. The van der Waals surface area contributed by atoms with Crippen LogP contribution in [-0.4, -0.2) is 16.6 Å². The maximum Gasteiger partial charge on any atom is 0.241 e. The van der Waals surface area contributed by atoms with Crippen LogP contribution in [0, 0.1) is 0 Å². The Balaban J connectivity index is 1.97. The third kappa shape index (κ3) is 2.76. The fraction of sp³-hybridized carbons (Fsp3) is 0.176. The summed E-state index contributed by atoms with van der Waals surface area (Å²) >= 11 is 3.33. The molecule has 21 heavy (non-hydrogen) atoms. The van der Waals surface area contributed by atoms with Crippen LogP contribution in [0.2, 0.25) is 0 Å². The van der Waals surface area contributed by atoms with Crippen molar-refractivity contribution >= 4 is 27.7 Å². The second-order valence-electron chi connectivity index (χ2n) is 5.09. The van der Waals surface area contributed by atoms with Crippen LogP contribution in [0.3, 0.4) is 0 Å². The fourth-order valence-corrected chi connectivity index (χ4v) is 3.30. The molecule has 1 N–H and O–H groups in total. The van der Waals surface area contributed by atoms with Gasteiger partial charge in [0.05, 0.1) is 5.92 Å². The normalized spacial score (nSPS) is 21.4. The van der Waals surface area contributed by atoms with E-state index in [1.165, 1.54) is 5.56 Å². The molecular formula is C17H14BrNO2. The van der Waals surface area contributed by atoms with Gasteiger partial charge in [-0.05, 0) is 23.1 Å². The molecule has 106 valence electrons. The molecule has 0 spiro atoms. The van der Waals surface area contributed by atoms with Crippen molar-refractivity contribution < 1.29 is 9.59 Å². The van der Waals surface area contributed by atoms with E-state index in [1.807, 2.05) is 42.5 Å². The molecule has 1 aliphatic rings. The van der Waals surface area contributed by atoms with E-state index < -0.39 is 10.7 Å². The van der Waals surface area contributed by atoms with Gasteiger partial charge in [0.25, 0.3) is 0 Å². The van der Waals surface area contributed by atoms with Gasteiger partial charge in [-0.1, -0.05) is 70.5 Å². The maximum absolute atomic E-state index is 12.0. The molecule has 0 saturated carbocycles. The highest BCUT2D eigenvalue weighted by Gasteiger charge is 2.41. The number of benzene rings is 2. The van der Waals surface area contributed by atoms with Gasteiger partial charge in [-0.2, -0.15) is 0 Å². The molecule has 2 atom stereocenters. The Hall–Kier alpha value is -1.94. The van der Waals surface area contributed by atoms with E-state index in [-0.39, 0.29) is 11.8 Å². The highest BCUT2D eigenvalue weighted by atomic mass is 79.9. The molecule has 1 aliphatic heterocycles. The van der Waals surface area contributed by atoms with Crippen LogP contribution in [-0.2, 0) is 16.0 Å². The molecule has 2 aromatic rings. The second kappa shape index (κ2) is 5.82. The lowest BCUT2D eigenvalue weighted by Crippen LogP contribution is -2.22. The number of hydrogen-bond donors (Lipinski definition) is 1. The van der Waals surface area contributed by atoms with Crippen molar-refractivity contribution in [1.82, 2.24) is 5.32 Å². The summed E-state index contributed by atoms with van der Waals surface area (Å²) < 4.78 is 0. The zero-order valence-corrected chi connectivity index (χ0v) is 12.8. The topological polar surface area (TPSA) is 46.2 Å². The monoisotopic (exact) mass is 343 g/mol. The standard InChI is InChI=1S/C17H14BrNO2/c18-15-14(16(20)19-17(15)21)13-9-5-4-8-12(13)10-11-6-2-1-3-7-11/h1-9,14-15H,10H2,(H,19,20,21). The minimum atomic E-state index is -0.498. The number of carbonyl (C=O) groups is 2. The molecule has 0 aliphatic carbocycles. The van der Waals surface area contributed by atoms with Gasteiger partial charge in [0.2, 0.25) is 11.8 Å². The molecule has 0 radical (unpaired) electrons. The van der Waals surface area contributed by atoms with Gasteiger partial charge in [-0.3, -0.25) is 14.9 Å². The van der Waals surface area contributed by atoms with Crippen LogP contribution in [0.5, 0.6) is 0 Å². The van der Waals surface area contributed by atoms with Gasteiger partial charge in [0, 0.05) is 0 Å². The van der Waals surface area contributed by atoms with Gasteiger partial charge in [-0.25, -0.2) is 0 Å². The SMILES string of the molecule is O=C1NC(=O)C(c2ccccc2Cc2ccccc2)C1Br. The summed E-state index contributed by atoms with van der Waals surface area (Å²) in [4.78, 5) is 23.2. The van der Waals surface area contributed by atoms with E-state index in [2.05, 4.69) is 33.4 Å². The fourth-order valence-electron chi connectivity index (χ4n) is 2.67. The highest BCUT2D eigenvalue weighted by Crippen LogP contribution is 2.32. The molecule has 2 aromatic carbocycles. The lowest BCUT2D eigenvalue weighted by atomic mass is 9.90. The third-order valence-corrected chi connectivity index (χ3v) is 4.64. The summed E-state index contributed by atoms with van der Waals surface area (Å²) in [6.45, 7) is 0.